The molecule has 17 rings (SSSR count). The van der Waals surface area contributed by atoms with Crippen LogP contribution in [0.5, 0.6) is 0 Å². The van der Waals surface area contributed by atoms with Gasteiger partial charge in [0.05, 0.1) is 64.0 Å². The van der Waals surface area contributed by atoms with Crippen molar-refractivity contribution in [3.05, 3.63) is 228 Å². The smallest absolute Gasteiger partial charge is 0.185 e. The van der Waals surface area contributed by atoms with E-state index in [1.807, 2.05) is 79.3 Å². The lowest BCUT2D eigenvalue weighted by molar-refractivity contribution is 0.206. The second-order valence-electron chi connectivity index (χ2n) is 28.1. The van der Waals surface area contributed by atoms with Crippen molar-refractivity contribution in [2.45, 2.75) is 72.6 Å². The largest absolute Gasteiger partial charge is 0.395 e. The predicted octanol–water partition coefficient (Wildman–Crippen LogP) is 14.3. The van der Waals surface area contributed by atoms with Crippen LogP contribution in [0.1, 0.15) is 73.5 Å². The van der Waals surface area contributed by atoms with Gasteiger partial charge in [-0.15, -0.1) is 10.2 Å². The minimum absolute atomic E-state index is 0.154. The molecule has 3 N–H and O–H groups in total. The molecule has 2 fully saturated rings. The molecule has 0 unspecified atom stereocenters. The Morgan fingerprint density at radius 2 is 1.18 bits per heavy atom. The number of nitrogens with zero attached hydrogens (tertiary/aromatic N) is 15. The first-order valence-corrected chi connectivity index (χ1v) is 35.3. The molecule has 0 radical (unpaired) electrons. The molecule has 11 heterocycles. The highest BCUT2D eigenvalue weighted by Crippen LogP contribution is 2.41. The SMILES string of the molecule is CC(C)[C@H](CO)NC[C@H]1CCN(c2ccc3c(c2)Cn2cc(-c4ccc(F)cc4)cc2-c2nccn2-3)C1.CCCCNc1ccc2c(c1)Cn1cc(-c3ccc(C#N)cc3)cc1-c1ncc(C)n1-2.CN(C)CC1CN(c2ccc3c(c2)Cn2cc(-c4ccc(C#N)cc4)cc2-c2nncn2-3)C1. The van der Waals surface area contributed by atoms with Gasteiger partial charge in [-0.05, 0) is 188 Å². The lowest BCUT2D eigenvalue weighted by atomic mass is 9.98. The number of nitrogens with one attached hydrogen (secondary N) is 2. The zero-order chi connectivity index (χ0) is 69.4. The summed E-state index contributed by atoms with van der Waals surface area (Å²) in [6.07, 6.45) is 17.6. The fraction of sp³-hybridized carbons (Fsp3) is 0.293. The highest BCUT2D eigenvalue weighted by molar-refractivity contribution is 5.76. The van der Waals surface area contributed by atoms with Crippen molar-refractivity contribution in [2.24, 2.45) is 17.8 Å². The lowest BCUT2D eigenvalue weighted by Crippen LogP contribution is -2.50. The third-order valence-electron chi connectivity index (χ3n) is 20.5. The van der Waals surface area contributed by atoms with Gasteiger partial charge in [-0.2, -0.15) is 10.5 Å². The number of halogens is 1. The molecular formula is C82H84FN17O. The van der Waals surface area contributed by atoms with Gasteiger partial charge in [0.15, 0.2) is 17.5 Å². The molecule has 510 valence electrons. The Labute approximate surface area is 589 Å². The summed E-state index contributed by atoms with van der Waals surface area (Å²) in [6, 6.07) is 53.3. The van der Waals surface area contributed by atoms with Crippen LogP contribution in [0.2, 0.25) is 0 Å². The summed E-state index contributed by atoms with van der Waals surface area (Å²) < 4.78 is 26.8. The monoisotopic (exact) mass is 1340 g/mol. The van der Waals surface area contributed by atoms with Gasteiger partial charge in [0.2, 0.25) is 0 Å². The molecule has 5 aliphatic rings. The molecule has 5 aliphatic heterocycles. The molecular weight excluding hydrogens is 1260 g/mol. The van der Waals surface area contributed by atoms with Crippen LogP contribution in [0.4, 0.5) is 21.5 Å². The molecule has 6 aromatic heterocycles. The highest BCUT2D eigenvalue weighted by atomic mass is 19.1. The van der Waals surface area contributed by atoms with Crippen molar-refractivity contribution < 1.29 is 9.50 Å². The average Bonchev–Trinajstić information content (AvgIpc) is 1.63. The summed E-state index contributed by atoms with van der Waals surface area (Å²) in [5.74, 6) is 4.21. The van der Waals surface area contributed by atoms with Crippen molar-refractivity contribution >= 4 is 17.1 Å². The van der Waals surface area contributed by atoms with Crippen LogP contribution in [0, 0.1) is 53.2 Å². The number of anilines is 3. The molecule has 101 heavy (non-hydrogen) atoms. The van der Waals surface area contributed by atoms with Gasteiger partial charge in [-0.1, -0.05) is 63.6 Å². The first-order chi connectivity index (χ1) is 49.3. The highest BCUT2D eigenvalue weighted by Gasteiger charge is 2.31. The number of fused-ring (bicyclic) bond motifs is 15. The fourth-order valence-corrected chi connectivity index (χ4v) is 15.0. The molecule has 2 atom stereocenters. The predicted molar refractivity (Wildman–Crippen MR) is 398 cm³/mol. The van der Waals surface area contributed by atoms with Gasteiger partial charge < -0.3 is 44.1 Å². The molecule has 18 nitrogen and oxygen atoms in total. The van der Waals surface area contributed by atoms with Crippen LogP contribution in [0.3, 0.4) is 0 Å². The summed E-state index contributed by atoms with van der Waals surface area (Å²) in [7, 11) is 4.28. The summed E-state index contributed by atoms with van der Waals surface area (Å²) in [5.41, 5.74) is 23.1. The standard InChI is InChI=1S/C30H34FN5O.C26H25N7.C26H25N5/c1-20(2)27(19-37)33-15-21-9-11-34(16-21)26-7-8-28-24(13-26)18-35-17-23(22-3-5-25(31)6-4-22)14-29(35)30-32-10-12-36(28)30;1-30(2)12-19-13-31(14-19)23-7-8-24-22(9-23)16-32-15-21(20-5-3-18(11-27)4-6-20)10-25(32)26-29-28-17-33(24)26;1-3-4-11-28-23-9-10-24-22(12-23)17-30-16-21(20-7-5-19(14-27)6-8-20)13-25(30)26-29-15-18(2)31(24)26/h3-8,10,12-14,17,20-21,27,33,37H,9,11,15-16,18-19H2,1-2H3;3-10,15,17,19H,12-14,16H2,1-2H3;5-10,12-13,15-16,28H,3-4,11,17H2,1-2H3/t21-,27+;;/m1../s1. The summed E-state index contributed by atoms with van der Waals surface area (Å²) >= 11 is 0. The number of nitriles is 2. The summed E-state index contributed by atoms with van der Waals surface area (Å²) in [4.78, 5) is 16.7. The van der Waals surface area contributed by atoms with Gasteiger partial charge in [0.25, 0.3) is 0 Å². The number of hydrogen-bond donors (Lipinski definition) is 3. The number of rotatable bonds is 16. The van der Waals surface area contributed by atoms with Crippen LogP contribution in [-0.2, 0) is 19.6 Å². The van der Waals surface area contributed by atoms with E-state index in [9.17, 15) is 9.50 Å². The topological polar surface area (TPSA) is 183 Å². The Morgan fingerprint density at radius 3 is 1.76 bits per heavy atom. The zero-order valence-corrected chi connectivity index (χ0v) is 58.1. The van der Waals surface area contributed by atoms with E-state index >= 15 is 0 Å². The van der Waals surface area contributed by atoms with Crippen LogP contribution < -0.4 is 20.4 Å². The fourth-order valence-electron chi connectivity index (χ4n) is 15.0. The van der Waals surface area contributed by atoms with Gasteiger partial charge >= 0.3 is 0 Å². The van der Waals surface area contributed by atoms with E-state index in [-0.39, 0.29) is 18.5 Å². The minimum Gasteiger partial charge on any atom is -0.395 e. The van der Waals surface area contributed by atoms with Gasteiger partial charge in [-0.3, -0.25) is 13.7 Å². The second kappa shape index (κ2) is 28.3. The third kappa shape index (κ3) is 13.4. The first kappa shape index (κ1) is 65.8. The van der Waals surface area contributed by atoms with E-state index in [2.05, 4.69) is 213 Å². The van der Waals surface area contributed by atoms with Crippen molar-refractivity contribution in [2.75, 3.05) is 81.6 Å². The van der Waals surface area contributed by atoms with Gasteiger partial charge in [0, 0.05) is 154 Å². The number of aromatic nitrogens is 10. The Kier molecular flexibility index (Phi) is 18.4. The quantitative estimate of drug-likeness (QED) is 0.0780. The average molecular weight is 1340 g/mol. The van der Waals surface area contributed by atoms with Crippen molar-refractivity contribution in [1.82, 2.24) is 57.8 Å². The zero-order valence-electron chi connectivity index (χ0n) is 58.1. The maximum absolute atomic E-state index is 13.5. The van der Waals surface area contributed by atoms with Crippen molar-refractivity contribution in [3.8, 4) is 97.1 Å². The maximum atomic E-state index is 13.5. The molecule has 12 aromatic rings. The number of benzene rings is 6. The van der Waals surface area contributed by atoms with Crippen LogP contribution >= 0.6 is 0 Å². The molecule has 2 saturated heterocycles. The molecule has 0 saturated carbocycles. The van der Waals surface area contributed by atoms with Crippen molar-refractivity contribution in [1.29, 1.82) is 10.5 Å². The Bertz CT molecular complexity index is 5040. The van der Waals surface area contributed by atoms with E-state index in [0.717, 1.165) is 175 Å². The molecule has 0 bridgehead atoms. The summed E-state index contributed by atoms with van der Waals surface area (Å²) in [5, 5.41) is 43.6. The molecule has 0 amide bonds. The molecule has 0 spiro atoms. The van der Waals surface area contributed by atoms with E-state index in [1.165, 1.54) is 52.3 Å². The Hall–Kier alpha value is -11.1. The maximum Gasteiger partial charge on any atom is 0.185 e. The molecule has 0 aliphatic carbocycles. The Morgan fingerprint density at radius 1 is 0.624 bits per heavy atom. The van der Waals surface area contributed by atoms with Crippen molar-refractivity contribution in [3.63, 3.8) is 0 Å². The van der Waals surface area contributed by atoms with Crippen LogP contribution in [0.15, 0.2) is 189 Å². The normalized spacial score (nSPS) is 14.8. The molecule has 19 heteroatoms. The van der Waals surface area contributed by atoms with Gasteiger partial charge in [0.1, 0.15) is 12.1 Å². The number of unbranched alkanes of at least 4 members (excludes halogenated alkanes) is 1. The van der Waals surface area contributed by atoms with E-state index in [4.69, 9.17) is 15.5 Å². The van der Waals surface area contributed by atoms with E-state index < -0.39 is 0 Å². The number of imidazole rings is 2. The Balaban J connectivity index is 0.000000123. The first-order valence-electron chi connectivity index (χ1n) is 35.3. The number of aliphatic hydroxyl groups is 1. The van der Waals surface area contributed by atoms with Crippen LogP contribution in [-0.4, -0.2) is 130 Å². The lowest BCUT2D eigenvalue weighted by Gasteiger charge is -2.42. The third-order valence-corrected chi connectivity index (χ3v) is 20.5. The number of aliphatic hydroxyl groups excluding tert-OH is 1. The number of hydrogen-bond acceptors (Lipinski definition) is 12. The second-order valence-corrected chi connectivity index (χ2v) is 28.1. The number of aryl methyl sites for hydroxylation is 1. The molecule has 6 aromatic carbocycles. The minimum atomic E-state index is -0.227. The van der Waals surface area contributed by atoms with E-state index in [1.54, 1.807) is 6.33 Å². The van der Waals surface area contributed by atoms with Crippen LogP contribution in [0.25, 0.3) is 85.0 Å². The summed E-state index contributed by atoms with van der Waals surface area (Å²) in [6.45, 7) is 18.4. The van der Waals surface area contributed by atoms with E-state index in [0.29, 0.717) is 23.0 Å². The van der Waals surface area contributed by atoms with Gasteiger partial charge in [-0.25, -0.2) is 14.4 Å².